The van der Waals surface area contributed by atoms with E-state index in [1.54, 1.807) is 0 Å². The van der Waals surface area contributed by atoms with Crippen molar-refractivity contribution in [2.75, 3.05) is 13.1 Å². The van der Waals surface area contributed by atoms with Gasteiger partial charge in [-0.25, -0.2) is 4.98 Å². The predicted octanol–water partition coefficient (Wildman–Crippen LogP) is 3.12. The highest BCUT2D eigenvalue weighted by atomic mass is 79.9. The second-order valence-corrected chi connectivity index (χ2v) is 6.07. The predicted molar refractivity (Wildman–Crippen MR) is 78.3 cm³/mol. The highest BCUT2D eigenvalue weighted by molar-refractivity contribution is 9.10. The van der Waals surface area contributed by atoms with Crippen LogP contribution in [0, 0.1) is 23.2 Å². The zero-order valence-corrected chi connectivity index (χ0v) is 12.3. The van der Waals surface area contributed by atoms with Crippen molar-refractivity contribution in [3.63, 3.8) is 0 Å². The van der Waals surface area contributed by atoms with E-state index in [0.29, 0.717) is 16.1 Å². The van der Waals surface area contributed by atoms with Gasteiger partial charge in [-0.05, 0) is 70.8 Å². The lowest BCUT2D eigenvalue weighted by atomic mass is 9.76. The van der Waals surface area contributed by atoms with Gasteiger partial charge in [-0.3, -0.25) is 0 Å². The van der Waals surface area contributed by atoms with E-state index >= 15 is 0 Å². The third kappa shape index (κ3) is 2.58. The standard InChI is InChI=1S/C15H16BrN3/c16-15-12(7-17)6-14(9-19-15)11-2-1-10-3-4-18-8-13(10)5-11/h5-6,9-10,13,18H,1-4,8H2/t10-,13+/m0/s1. The van der Waals surface area contributed by atoms with E-state index in [1.165, 1.54) is 18.4 Å². The SMILES string of the molecule is N#Cc1cc(C2=C[C@@H]3CNCC[C@@H]3CC2)cnc1Br. The van der Waals surface area contributed by atoms with Crippen LogP contribution in [0.25, 0.3) is 5.57 Å². The van der Waals surface area contributed by atoms with Crippen LogP contribution < -0.4 is 5.32 Å². The van der Waals surface area contributed by atoms with Crippen molar-refractivity contribution >= 4 is 21.5 Å². The molecule has 3 rings (SSSR count). The van der Waals surface area contributed by atoms with E-state index in [9.17, 15) is 0 Å². The minimum atomic E-state index is 0.613. The molecule has 2 heterocycles. The van der Waals surface area contributed by atoms with Crippen LogP contribution in [0.1, 0.15) is 30.4 Å². The maximum Gasteiger partial charge on any atom is 0.123 e. The second-order valence-electron chi connectivity index (χ2n) is 5.32. The molecule has 0 saturated carbocycles. The van der Waals surface area contributed by atoms with E-state index in [0.717, 1.165) is 31.0 Å². The van der Waals surface area contributed by atoms with E-state index in [2.05, 4.69) is 38.4 Å². The number of nitriles is 1. The van der Waals surface area contributed by atoms with Crippen LogP contribution in [0.4, 0.5) is 0 Å². The average Bonchev–Trinajstić information content (AvgIpc) is 2.47. The van der Waals surface area contributed by atoms with Crippen LogP contribution in [0.2, 0.25) is 0 Å². The molecular formula is C15H16BrN3. The van der Waals surface area contributed by atoms with E-state index < -0.39 is 0 Å². The monoisotopic (exact) mass is 317 g/mol. The maximum absolute atomic E-state index is 9.08. The number of halogens is 1. The quantitative estimate of drug-likeness (QED) is 0.810. The maximum atomic E-state index is 9.08. The summed E-state index contributed by atoms with van der Waals surface area (Å²) in [6, 6.07) is 4.13. The Morgan fingerprint density at radius 3 is 3.16 bits per heavy atom. The fourth-order valence-corrected chi connectivity index (χ4v) is 3.42. The first-order valence-electron chi connectivity index (χ1n) is 6.75. The molecule has 19 heavy (non-hydrogen) atoms. The van der Waals surface area contributed by atoms with E-state index in [1.807, 2.05) is 12.3 Å². The largest absolute Gasteiger partial charge is 0.316 e. The summed E-state index contributed by atoms with van der Waals surface area (Å²) in [5, 5.41) is 12.5. The molecule has 0 spiro atoms. The van der Waals surface area contributed by atoms with Gasteiger partial charge in [0.15, 0.2) is 0 Å². The minimum Gasteiger partial charge on any atom is -0.316 e. The number of rotatable bonds is 1. The zero-order valence-electron chi connectivity index (χ0n) is 10.7. The van der Waals surface area contributed by atoms with Crippen molar-refractivity contribution in [3.8, 4) is 6.07 Å². The summed E-state index contributed by atoms with van der Waals surface area (Å²) in [7, 11) is 0. The van der Waals surface area contributed by atoms with Gasteiger partial charge in [0.2, 0.25) is 0 Å². The molecule has 1 fully saturated rings. The summed E-state index contributed by atoms with van der Waals surface area (Å²) in [4.78, 5) is 4.27. The number of aromatic nitrogens is 1. The fraction of sp³-hybridized carbons (Fsp3) is 0.467. The molecule has 1 aliphatic heterocycles. The Balaban J connectivity index is 1.90. The Morgan fingerprint density at radius 1 is 1.42 bits per heavy atom. The molecule has 0 radical (unpaired) electrons. The van der Waals surface area contributed by atoms with E-state index in [-0.39, 0.29) is 0 Å². The molecule has 2 atom stereocenters. The lowest BCUT2D eigenvalue weighted by Gasteiger charge is -2.34. The topological polar surface area (TPSA) is 48.7 Å². The van der Waals surface area contributed by atoms with Gasteiger partial charge < -0.3 is 5.32 Å². The summed E-state index contributed by atoms with van der Waals surface area (Å²) >= 11 is 3.31. The van der Waals surface area contributed by atoms with Crippen molar-refractivity contribution in [3.05, 3.63) is 34.1 Å². The molecule has 0 aromatic carbocycles. The molecule has 1 aliphatic carbocycles. The van der Waals surface area contributed by atoms with Crippen LogP contribution >= 0.6 is 15.9 Å². The molecule has 3 nitrogen and oxygen atoms in total. The number of hydrogen-bond acceptors (Lipinski definition) is 3. The molecule has 1 aromatic rings. The molecule has 1 aromatic heterocycles. The van der Waals surface area contributed by atoms with Gasteiger partial charge in [-0.1, -0.05) is 6.08 Å². The Labute approximate surface area is 121 Å². The number of piperidine rings is 1. The summed E-state index contributed by atoms with van der Waals surface area (Å²) in [6.45, 7) is 2.24. The first kappa shape index (κ1) is 12.8. The number of nitrogens with zero attached hydrogens (tertiary/aromatic N) is 2. The Bertz CT molecular complexity index is 559. The van der Waals surface area contributed by atoms with Crippen molar-refractivity contribution in [1.82, 2.24) is 10.3 Å². The number of nitrogens with one attached hydrogen (secondary N) is 1. The number of fused-ring (bicyclic) bond motifs is 1. The minimum absolute atomic E-state index is 0.613. The number of hydrogen-bond donors (Lipinski definition) is 1. The Morgan fingerprint density at radius 2 is 2.32 bits per heavy atom. The van der Waals surface area contributed by atoms with Gasteiger partial charge in [-0.2, -0.15) is 5.26 Å². The molecule has 4 heteroatoms. The van der Waals surface area contributed by atoms with Gasteiger partial charge in [0, 0.05) is 12.7 Å². The van der Waals surface area contributed by atoms with Crippen LogP contribution in [-0.2, 0) is 0 Å². The molecule has 0 amide bonds. The summed E-state index contributed by atoms with van der Waals surface area (Å²) in [5.41, 5.74) is 3.06. The van der Waals surface area contributed by atoms with Gasteiger partial charge in [-0.15, -0.1) is 0 Å². The lowest BCUT2D eigenvalue weighted by Crippen LogP contribution is -2.37. The van der Waals surface area contributed by atoms with Crippen LogP contribution in [-0.4, -0.2) is 18.1 Å². The highest BCUT2D eigenvalue weighted by Crippen LogP contribution is 2.36. The normalized spacial score (nSPS) is 26.2. The van der Waals surface area contributed by atoms with Crippen molar-refractivity contribution in [2.45, 2.75) is 19.3 Å². The average molecular weight is 318 g/mol. The van der Waals surface area contributed by atoms with Crippen molar-refractivity contribution in [2.24, 2.45) is 11.8 Å². The van der Waals surface area contributed by atoms with Gasteiger partial charge in [0.05, 0.1) is 5.56 Å². The first-order chi connectivity index (χ1) is 9.28. The van der Waals surface area contributed by atoms with Crippen LogP contribution in [0.15, 0.2) is 22.9 Å². The molecule has 0 bridgehead atoms. The molecule has 1 N–H and O–H groups in total. The van der Waals surface area contributed by atoms with E-state index in [4.69, 9.17) is 5.26 Å². The third-order valence-corrected chi connectivity index (χ3v) is 4.84. The summed E-state index contributed by atoms with van der Waals surface area (Å²) in [5.74, 6) is 1.48. The molecule has 0 unspecified atom stereocenters. The Hall–Kier alpha value is -1.18. The smallest absolute Gasteiger partial charge is 0.123 e. The van der Waals surface area contributed by atoms with Gasteiger partial charge in [0.1, 0.15) is 10.7 Å². The molecular weight excluding hydrogens is 302 g/mol. The Kier molecular flexibility index (Phi) is 3.67. The van der Waals surface area contributed by atoms with Crippen LogP contribution in [0.3, 0.4) is 0 Å². The number of allylic oxidation sites excluding steroid dienone is 1. The van der Waals surface area contributed by atoms with Gasteiger partial charge >= 0.3 is 0 Å². The van der Waals surface area contributed by atoms with Gasteiger partial charge in [0.25, 0.3) is 0 Å². The first-order valence-corrected chi connectivity index (χ1v) is 7.54. The van der Waals surface area contributed by atoms with Crippen LogP contribution in [0.5, 0.6) is 0 Å². The third-order valence-electron chi connectivity index (χ3n) is 4.21. The molecule has 2 aliphatic rings. The highest BCUT2D eigenvalue weighted by Gasteiger charge is 2.27. The summed E-state index contributed by atoms with van der Waals surface area (Å²) < 4.78 is 0.632. The fourth-order valence-electron chi connectivity index (χ4n) is 3.12. The zero-order chi connectivity index (χ0) is 13.2. The second kappa shape index (κ2) is 5.44. The van der Waals surface area contributed by atoms with Crippen molar-refractivity contribution in [1.29, 1.82) is 5.26 Å². The molecule has 98 valence electrons. The van der Waals surface area contributed by atoms with Crippen molar-refractivity contribution < 1.29 is 0 Å². The molecule has 1 saturated heterocycles. The number of pyridine rings is 1. The summed E-state index contributed by atoms with van der Waals surface area (Å²) in [6.07, 6.45) is 7.92. The lowest BCUT2D eigenvalue weighted by molar-refractivity contribution is 0.279.